The van der Waals surface area contributed by atoms with E-state index in [4.69, 9.17) is 0 Å². The minimum atomic E-state index is -0.0676. The number of nitrogens with one attached hydrogen (secondary N) is 2. The molecule has 0 heterocycles. The average Bonchev–Trinajstić information content (AvgIpc) is 2.86. The summed E-state index contributed by atoms with van der Waals surface area (Å²) in [5.41, 5.74) is 9.29. The van der Waals surface area contributed by atoms with Crippen molar-refractivity contribution in [2.24, 2.45) is 10.2 Å². The van der Waals surface area contributed by atoms with Crippen LogP contribution < -0.4 is 20.7 Å². The molecule has 2 rings (SSSR count). The van der Waals surface area contributed by atoms with Crippen molar-refractivity contribution in [3.8, 4) is 0 Å². The van der Waals surface area contributed by atoms with Gasteiger partial charge in [0.05, 0.1) is 12.4 Å². The maximum absolute atomic E-state index is 11.9. The van der Waals surface area contributed by atoms with E-state index in [2.05, 4.69) is 21.1 Å². The summed E-state index contributed by atoms with van der Waals surface area (Å²) in [5.74, 6) is -0.135. The molecule has 0 aromatic heterocycles. The molecule has 0 aliphatic carbocycles. The molecule has 2 amide bonds. The van der Waals surface area contributed by atoms with Crippen molar-refractivity contribution in [1.29, 1.82) is 0 Å². The lowest BCUT2D eigenvalue weighted by atomic mass is 10.1. The molecule has 0 saturated heterocycles. The molecule has 0 aliphatic heterocycles. The highest BCUT2D eigenvalue weighted by atomic mass is 16.2. The van der Waals surface area contributed by atoms with Crippen molar-refractivity contribution in [2.45, 2.75) is 51.4 Å². The molecule has 0 radical (unpaired) electrons. The lowest BCUT2D eigenvalue weighted by molar-refractivity contribution is -0.122. The molecule has 0 bridgehead atoms. The molecule has 0 aliphatic rings. The van der Waals surface area contributed by atoms with Crippen molar-refractivity contribution < 1.29 is 9.59 Å². The third-order valence-electron chi connectivity index (χ3n) is 5.68. The zero-order valence-corrected chi connectivity index (χ0v) is 22.0. The van der Waals surface area contributed by atoms with Crippen molar-refractivity contribution in [3.63, 3.8) is 0 Å². The minimum Gasteiger partial charge on any atom is -0.378 e. The second-order valence-corrected chi connectivity index (χ2v) is 9.18. The normalized spacial score (nSPS) is 11.1. The van der Waals surface area contributed by atoms with Crippen LogP contribution in [0.15, 0.2) is 58.7 Å². The van der Waals surface area contributed by atoms with E-state index in [-0.39, 0.29) is 11.8 Å². The van der Waals surface area contributed by atoms with Gasteiger partial charge in [-0.25, -0.2) is 10.9 Å². The maximum atomic E-state index is 11.9. The number of carbonyl (C=O) groups excluding carboxylic acids is 2. The van der Waals surface area contributed by atoms with Gasteiger partial charge in [0.15, 0.2) is 0 Å². The molecular weight excluding hydrogens is 452 g/mol. The van der Waals surface area contributed by atoms with Gasteiger partial charge in [0, 0.05) is 52.4 Å². The van der Waals surface area contributed by atoms with Crippen LogP contribution in [0.5, 0.6) is 0 Å². The summed E-state index contributed by atoms with van der Waals surface area (Å²) in [6, 6.07) is 15.9. The van der Waals surface area contributed by atoms with Gasteiger partial charge in [-0.2, -0.15) is 10.2 Å². The summed E-state index contributed by atoms with van der Waals surface area (Å²) in [5, 5.41) is 8.06. The summed E-state index contributed by atoms with van der Waals surface area (Å²) in [6.07, 6.45) is 10.0. The van der Waals surface area contributed by atoms with E-state index in [0.29, 0.717) is 12.8 Å². The molecule has 8 nitrogen and oxygen atoms in total. The van der Waals surface area contributed by atoms with Crippen molar-refractivity contribution in [1.82, 2.24) is 10.9 Å². The molecule has 2 N–H and O–H groups in total. The predicted molar refractivity (Wildman–Crippen MR) is 150 cm³/mol. The molecule has 8 heteroatoms. The van der Waals surface area contributed by atoms with E-state index in [0.717, 1.165) is 61.0 Å². The molecule has 0 saturated carbocycles. The van der Waals surface area contributed by atoms with E-state index in [1.807, 2.05) is 86.5 Å². The molecule has 0 unspecified atom stereocenters. The Bertz CT molecular complexity index is 901. The Morgan fingerprint density at radius 2 is 0.944 bits per heavy atom. The van der Waals surface area contributed by atoms with Crippen LogP contribution in [0.3, 0.4) is 0 Å². The van der Waals surface area contributed by atoms with Gasteiger partial charge in [-0.05, 0) is 48.2 Å². The first-order chi connectivity index (χ1) is 17.3. The largest absolute Gasteiger partial charge is 0.378 e. The number of nitrogens with zero attached hydrogens (tertiary/aromatic N) is 4. The van der Waals surface area contributed by atoms with E-state index in [9.17, 15) is 9.59 Å². The molecule has 2 aromatic rings. The highest BCUT2D eigenvalue weighted by Gasteiger charge is 2.02. The molecule has 194 valence electrons. The Labute approximate surface area is 215 Å². The predicted octanol–water partition coefficient (Wildman–Crippen LogP) is 4.54. The lowest BCUT2D eigenvalue weighted by Gasteiger charge is -2.11. The van der Waals surface area contributed by atoms with E-state index in [1.165, 1.54) is 0 Å². The summed E-state index contributed by atoms with van der Waals surface area (Å²) >= 11 is 0. The van der Waals surface area contributed by atoms with Crippen LogP contribution in [0, 0.1) is 0 Å². The van der Waals surface area contributed by atoms with Gasteiger partial charge in [-0.3, -0.25) is 9.59 Å². The Morgan fingerprint density at radius 3 is 1.28 bits per heavy atom. The third kappa shape index (κ3) is 11.6. The SMILES string of the molecule is CN(C)c1ccc(/C=N\NC(=O)CCCCCCCCC(=O)N/N=C\c2ccc(N(C)C)cc2)cc1. The number of anilines is 2. The van der Waals surface area contributed by atoms with Gasteiger partial charge in [-0.1, -0.05) is 49.9 Å². The Hall–Kier alpha value is -3.68. The van der Waals surface area contributed by atoms with Crippen LogP contribution in [-0.2, 0) is 9.59 Å². The van der Waals surface area contributed by atoms with E-state index in [1.54, 1.807) is 12.4 Å². The van der Waals surface area contributed by atoms with E-state index < -0.39 is 0 Å². The first-order valence-corrected chi connectivity index (χ1v) is 12.5. The van der Waals surface area contributed by atoms with Crippen LogP contribution in [0.4, 0.5) is 11.4 Å². The standard InChI is InChI=1S/C28H40N6O2/c1-33(2)25-17-13-23(14-18-25)21-29-31-27(35)11-9-7-5-6-8-10-12-28(36)32-30-22-24-15-19-26(20-16-24)34(3)4/h13-22H,5-12H2,1-4H3,(H,31,35)(H,32,36)/b29-21-,30-22-. The van der Waals surface area contributed by atoms with Gasteiger partial charge in [-0.15, -0.1) is 0 Å². The van der Waals surface area contributed by atoms with Crippen LogP contribution in [0.1, 0.15) is 62.5 Å². The number of unbranched alkanes of at least 4 members (excludes halogenated alkanes) is 5. The van der Waals surface area contributed by atoms with Gasteiger partial charge < -0.3 is 9.80 Å². The Balaban J connectivity index is 1.46. The second-order valence-electron chi connectivity index (χ2n) is 9.18. The first-order valence-electron chi connectivity index (χ1n) is 12.5. The van der Waals surface area contributed by atoms with Crippen LogP contribution in [0.2, 0.25) is 0 Å². The van der Waals surface area contributed by atoms with Crippen LogP contribution in [0.25, 0.3) is 0 Å². The zero-order valence-electron chi connectivity index (χ0n) is 22.0. The quantitative estimate of drug-likeness (QED) is 0.217. The fourth-order valence-corrected chi connectivity index (χ4v) is 3.46. The highest BCUT2D eigenvalue weighted by Crippen LogP contribution is 2.12. The summed E-state index contributed by atoms with van der Waals surface area (Å²) in [7, 11) is 7.97. The molecule has 0 spiro atoms. The van der Waals surface area contributed by atoms with Gasteiger partial charge in [0.2, 0.25) is 11.8 Å². The van der Waals surface area contributed by atoms with Crippen molar-refractivity contribution >= 4 is 35.6 Å². The number of hydrazone groups is 2. The van der Waals surface area contributed by atoms with Gasteiger partial charge in [0.1, 0.15) is 0 Å². The molecule has 36 heavy (non-hydrogen) atoms. The van der Waals surface area contributed by atoms with Crippen LogP contribution >= 0.6 is 0 Å². The Morgan fingerprint density at radius 1 is 0.611 bits per heavy atom. The first kappa shape index (κ1) is 28.6. The highest BCUT2D eigenvalue weighted by molar-refractivity contribution is 5.83. The summed E-state index contributed by atoms with van der Waals surface area (Å²) < 4.78 is 0. The summed E-state index contributed by atoms with van der Waals surface area (Å²) in [6.45, 7) is 0. The second kappa shape index (κ2) is 16.1. The van der Waals surface area contributed by atoms with Crippen LogP contribution in [-0.4, -0.2) is 52.4 Å². The smallest absolute Gasteiger partial charge is 0.240 e. The molecular formula is C28H40N6O2. The molecule has 0 fully saturated rings. The van der Waals surface area contributed by atoms with Gasteiger partial charge in [0.25, 0.3) is 0 Å². The fraction of sp³-hybridized carbons (Fsp3) is 0.429. The third-order valence-corrected chi connectivity index (χ3v) is 5.68. The number of benzene rings is 2. The van der Waals surface area contributed by atoms with Crippen molar-refractivity contribution in [2.75, 3.05) is 38.0 Å². The zero-order chi connectivity index (χ0) is 26.2. The monoisotopic (exact) mass is 492 g/mol. The number of amides is 2. The number of carbonyl (C=O) groups is 2. The molecule has 2 aromatic carbocycles. The number of rotatable bonds is 15. The number of hydrogen-bond donors (Lipinski definition) is 2. The summed E-state index contributed by atoms with van der Waals surface area (Å²) in [4.78, 5) is 27.9. The topological polar surface area (TPSA) is 89.4 Å². The lowest BCUT2D eigenvalue weighted by Crippen LogP contribution is -2.17. The van der Waals surface area contributed by atoms with Crippen molar-refractivity contribution in [3.05, 3.63) is 59.7 Å². The maximum Gasteiger partial charge on any atom is 0.240 e. The Kier molecular flexibility index (Phi) is 12.8. The fourth-order valence-electron chi connectivity index (χ4n) is 3.46. The minimum absolute atomic E-state index is 0.0676. The molecule has 0 atom stereocenters. The average molecular weight is 493 g/mol. The van der Waals surface area contributed by atoms with E-state index >= 15 is 0 Å². The number of hydrogen-bond acceptors (Lipinski definition) is 6. The van der Waals surface area contributed by atoms with Gasteiger partial charge >= 0.3 is 0 Å².